The summed E-state index contributed by atoms with van der Waals surface area (Å²) in [5.74, 6) is -3.35. The largest absolute Gasteiger partial charge is 0.465 e. The zero-order valence-electron chi connectivity index (χ0n) is 19.2. The number of esters is 1. The van der Waals surface area contributed by atoms with Gasteiger partial charge in [-0.1, -0.05) is 18.5 Å². The third-order valence-corrected chi connectivity index (χ3v) is 5.24. The van der Waals surface area contributed by atoms with Gasteiger partial charge < -0.3 is 25.8 Å². The molecule has 1 aromatic rings. The monoisotopic (exact) mass is 511 g/mol. The van der Waals surface area contributed by atoms with Crippen LogP contribution in [0.25, 0.3) is 0 Å². The van der Waals surface area contributed by atoms with Gasteiger partial charge in [0.15, 0.2) is 12.9 Å². The lowest BCUT2D eigenvalue weighted by Gasteiger charge is -2.36. The molecule has 0 radical (unpaired) electrons. The molecule has 2 rings (SSSR count). The van der Waals surface area contributed by atoms with E-state index in [-0.39, 0.29) is 29.3 Å². The first-order chi connectivity index (χ1) is 16.6. The number of benzene rings is 1. The maximum atomic E-state index is 13.0. The number of allylic oxidation sites excluding steroid dienone is 2. The summed E-state index contributed by atoms with van der Waals surface area (Å²) in [5.41, 5.74) is 8.42. The summed E-state index contributed by atoms with van der Waals surface area (Å²) < 4.78 is 17.7. The van der Waals surface area contributed by atoms with Gasteiger partial charge in [-0.2, -0.15) is 0 Å². The molecular weight excluding hydrogens is 485 g/mol. The van der Waals surface area contributed by atoms with E-state index in [1.54, 1.807) is 13.8 Å². The lowest BCUT2D eigenvalue weighted by molar-refractivity contribution is -0.154. The minimum absolute atomic E-state index is 0.0379. The highest BCUT2D eigenvalue weighted by molar-refractivity contribution is 6.33. The molecule has 35 heavy (non-hydrogen) atoms. The van der Waals surface area contributed by atoms with E-state index in [4.69, 9.17) is 22.1 Å². The van der Waals surface area contributed by atoms with E-state index in [1.807, 2.05) is 0 Å². The first-order valence-corrected chi connectivity index (χ1v) is 11.0. The lowest BCUT2D eigenvalue weighted by atomic mass is 10.1. The normalized spacial score (nSPS) is 15.6. The van der Waals surface area contributed by atoms with Crippen molar-refractivity contribution in [3.8, 4) is 0 Å². The van der Waals surface area contributed by atoms with Gasteiger partial charge in [0, 0.05) is 11.8 Å². The number of amides is 3. The van der Waals surface area contributed by atoms with Crippen LogP contribution < -0.4 is 16.5 Å². The number of rotatable bonds is 9. The van der Waals surface area contributed by atoms with Gasteiger partial charge in [0.05, 0.1) is 23.0 Å². The number of alkyl halides is 1. The number of anilines is 1. The van der Waals surface area contributed by atoms with Gasteiger partial charge in [-0.05, 0) is 43.7 Å². The molecular formula is C22H27ClFN5O6. The number of carbonyl (C=O) groups excluding carboxylic acids is 4. The van der Waals surface area contributed by atoms with Crippen molar-refractivity contribution >= 4 is 41.0 Å². The number of hydrogen-bond donors (Lipinski definition) is 4. The minimum Gasteiger partial charge on any atom is -0.465 e. The van der Waals surface area contributed by atoms with Crippen molar-refractivity contribution in [2.75, 3.05) is 25.6 Å². The van der Waals surface area contributed by atoms with Crippen molar-refractivity contribution in [2.24, 2.45) is 0 Å². The molecule has 0 saturated carbocycles. The molecule has 2 unspecified atom stereocenters. The Bertz CT molecular complexity index is 1030. The molecule has 0 aliphatic carbocycles. The molecule has 0 aromatic heterocycles. The predicted molar refractivity (Wildman–Crippen MR) is 125 cm³/mol. The molecule has 1 aliphatic rings. The number of nitrogens with zero attached hydrogens (tertiary/aromatic N) is 2. The van der Waals surface area contributed by atoms with Crippen LogP contribution in [0.1, 0.15) is 30.6 Å². The predicted octanol–water partition coefficient (Wildman–Crippen LogP) is 0.855. The van der Waals surface area contributed by atoms with Crippen molar-refractivity contribution in [3.63, 3.8) is 0 Å². The van der Waals surface area contributed by atoms with Gasteiger partial charge in [-0.3, -0.25) is 24.6 Å². The smallest absolute Gasteiger partial charge is 0.327 e. The molecule has 5 N–H and O–H groups in total. The highest BCUT2D eigenvalue weighted by Gasteiger charge is 2.33. The maximum absolute atomic E-state index is 13.0. The molecule has 3 amide bonds. The number of aliphatic hydroxyl groups excluding tert-OH is 1. The molecule has 190 valence electrons. The van der Waals surface area contributed by atoms with Gasteiger partial charge in [0.2, 0.25) is 0 Å². The van der Waals surface area contributed by atoms with Crippen molar-refractivity contribution in [2.45, 2.75) is 32.5 Å². The van der Waals surface area contributed by atoms with E-state index in [0.29, 0.717) is 10.7 Å². The summed E-state index contributed by atoms with van der Waals surface area (Å²) in [7, 11) is 0. The van der Waals surface area contributed by atoms with E-state index in [2.05, 4.69) is 10.7 Å². The number of hydrogen-bond acceptors (Lipinski definition) is 8. The maximum Gasteiger partial charge on any atom is 0.327 e. The molecule has 11 nitrogen and oxygen atoms in total. The fourth-order valence-corrected chi connectivity index (χ4v) is 3.34. The van der Waals surface area contributed by atoms with Crippen LogP contribution in [-0.4, -0.2) is 70.8 Å². The van der Waals surface area contributed by atoms with Crippen LogP contribution in [-0.2, 0) is 19.1 Å². The van der Waals surface area contributed by atoms with E-state index >= 15 is 0 Å². The Balaban J connectivity index is 2.13. The summed E-state index contributed by atoms with van der Waals surface area (Å²) in [6.45, 7) is 1.10. The summed E-state index contributed by atoms with van der Waals surface area (Å²) >= 11 is 5.96. The molecule has 0 fully saturated rings. The van der Waals surface area contributed by atoms with Crippen LogP contribution in [0.3, 0.4) is 0 Å². The topological polar surface area (TPSA) is 154 Å². The number of hydrazine groups is 1. The number of nitrogens with one attached hydrogen (secondary N) is 2. The number of carbonyl (C=O) groups is 4. The average molecular weight is 512 g/mol. The zero-order valence-corrected chi connectivity index (χ0v) is 19.9. The first-order valence-electron chi connectivity index (χ1n) is 10.7. The second-order valence-corrected chi connectivity index (χ2v) is 7.70. The van der Waals surface area contributed by atoms with Crippen LogP contribution in [0, 0.1) is 0 Å². The van der Waals surface area contributed by atoms with Crippen molar-refractivity contribution in [3.05, 3.63) is 52.8 Å². The number of nitrogens with two attached hydrogens (primary N) is 1. The second-order valence-electron chi connectivity index (χ2n) is 7.29. The van der Waals surface area contributed by atoms with E-state index in [1.165, 1.54) is 41.5 Å². The Kier molecular flexibility index (Phi) is 10.0. The summed E-state index contributed by atoms with van der Waals surface area (Å²) in [4.78, 5) is 50.4. The zero-order chi connectivity index (χ0) is 26.1. The van der Waals surface area contributed by atoms with Crippen LogP contribution in [0.4, 0.5) is 10.1 Å². The molecule has 1 heterocycles. The Labute approximate surface area is 206 Å². The number of halogens is 2. The molecule has 1 aromatic carbocycles. The third kappa shape index (κ3) is 7.17. The summed E-state index contributed by atoms with van der Waals surface area (Å²) in [6.07, 6.45) is 3.07. The third-order valence-electron chi connectivity index (χ3n) is 4.92. The molecule has 0 saturated heterocycles. The Hall–Kier alpha value is -3.64. The standard InChI is InChI=1S/C22H27ClFN5O6/c1-3-17(21(33)27-29(18(30)11-24)12-19(31)35-4-2)28-9-5-6-16(22(28)34)26-20(32)13-7-8-15(25)14(23)10-13/h5-10,17,22,34H,3-4,11-12,25H2,1-2H3,(H,26,32)(H,27,33). The highest BCUT2D eigenvalue weighted by atomic mass is 35.5. The Morgan fingerprint density at radius 1 is 1.31 bits per heavy atom. The van der Waals surface area contributed by atoms with Gasteiger partial charge in [0.25, 0.3) is 17.7 Å². The van der Waals surface area contributed by atoms with Crippen LogP contribution in [0.15, 0.2) is 42.2 Å². The quantitative estimate of drug-likeness (QED) is 0.216. The highest BCUT2D eigenvalue weighted by Crippen LogP contribution is 2.21. The lowest BCUT2D eigenvalue weighted by Crippen LogP contribution is -2.57. The first kappa shape index (κ1) is 27.6. The summed E-state index contributed by atoms with van der Waals surface area (Å²) in [5, 5.41) is 14.1. The second kappa shape index (κ2) is 12.7. The molecule has 13 heteroatoms. The van der Waals surface area contributed by atoms with Gasteiger partial charge in [-0.25, -0.2) is 9.40 Å². The number of ether oxygens (including phenoxy) is 1. The Morgan fingerprint density at radius 2 is 2.03 bits per heavy atom. The fraction of sp³-hybridized carbons (Fsp3) is 0.364. The number of aliphatic hydroxyl groups is 1. The number of nitrogen functional groups attached to an aromatic ring is 1. The molecule has 1 aliphatic heterocycles. The van der Waals surface area contributed by atoms with Crippen LogP contribution in [0.2, 0.25) is 5.02 Å². The fourth-order valence-electron chi connectivity index (χ4n) is 3.16. The van der Waals surface area contributed by atoms with Crippen molar-refractivity contribution < 1.29 is 33.4 Å². The van der Waals surface area contributed by atoms with E-state index < -0.39 is 49.2 Å². The van der Waals surface area contributed by atoms with Gasteiger partial charge in [-0.15, -0.1) is 0 Å². The molecule has 0 spiro atoms. The van der Waals surface area contributed by atoms with Crippen molar-refractivity contribution in [1.82, 2.24) is 20.7 Å². The van der Waals surface area contributed by atoms with Crippen molar-refractivity contribution in [1.29, 1.82) is 0 Å². The van der Waals surface area contributed by atoms with E-state index in [9.17, 15) is 28.7 Å². The molecule has 2 atom stereocenters. The van der Waals surface area contributed by atoms with E-state index in [0.717, 1.165) is 0 Å². The van der Waals surface area contributed by atoms with Gasteiger partial charge in [0.1, 0.15) is 12.6 Å². The minimum atomic E-state index is -1.45. The van der Waals surface area contributed by atoms with Crippen LogP contribution in [0.5, 0.6) is 0 Å². The molecule has 0 bridgehead atoms. The van der Waals surface area contributed by atoms with Crippen LogP contribution >= 0.6 is 11.6 Å². The Morgan fingerprint density at radius 3 is 2.63 bits per heavy atom. The SMILES string of the molecule is CCOC(=O)CN(NC(=O)C(CC)N1C=CC=C(NC(=O)c2ccc(N)c(Cl)c2)C1O)C(=O)CF. The summed E-state index contributed by atoms with van der Waals surface area (Å²) in [6, 6.07) is 3.25. The average Bonchev–Trinajstić information content (AvgIpc) is 2.82. The van der Waals surface area contributed by atoms with Gasteiger partial charge >= 0.3 is 5.97 Å².